The SMILES string of the molecule is CCOc1ccc2[nH]c(=O)c(CNc3c(C)cc(C)cc3C)cc2c1. The van der Waals surface area contributed by atoms with Crippen molar-refractivity contribution in [3.63, 3.8) is 0 Å². The highest BCUT2D eigenvalue weighted by molar-refractivity contribution is 5.80. The van der Waals surface area contributed by atoms with Crippen LogP contribution in [0.1, 0.15) is 29.2 Å². The molecule has 4 nitrogen and oxygen atoms in total. The molecule has 0 radical (unpaired) electrons. The van der Waals surface area contributed by atoms with Gasteiger partial charge in [-0.15, -0.1) is 0 Å². The van der Waals surface area contributed by atoms with E-state index in [1.165, 1.54) is 16.7 Å². The molecule has 25 heavy (non-hydrogen) atoms. The highest BCUT2D eigenvalue weighted by Gasteiger charge is 2.07. The van der Waals surface area contributed by atoms with Gasteiger partial charge in [0.05, 0.1) is 6.61 Å². The van der Waals surface area contributed by atoms with Crippen LogP contribution in [0.5, 0.6) is 5.75 Å². The maximum atomic E-state index is 12.4. The molecule has 0 bridgehead atoms. The molecule has 0 unspecified atom stereocenters. The minimum atomic E-state index is -0.0634. The molecule has 4 heteroatoms. The van der Waals surface area contributed by atoms with E-state index in [1.807, 2.05) is 31.2 Å². The highest BCUT2D eigenvalue weighted by atomic mass is 16.5. The van der Waals surface area contributed by atoms with Gasteiger partial charge in [0, 0.05) is 28.7 Å². The number of anilines is 1. The molecule has 0 amide bonds. The molecular weight excluding hydrogens is 312 g/mol. The van der Waals surface area contributed by atoms with Crippen molar-refractivity contribution in [1.82, 2.24) is 4.98 Å². The number of nitrogens with one attached hydrogen (secondary N) is 2. The van der Waals surface area contributed by atoms with E-state index in [4.69, 9.17) is 4.74 Å². The fourth-order valence-electron chi connectivity index (χ4n) is 3.26. The van der Waals surface area contributed by atoms with Crippen LogP contribution in [0.2, 0.25) is 0 Å². The third-order valence-electron chi connectivity index (χ3n) is 4.34. The second-order valence-corrected chi connectivity index (χ2v) is 6.43. The lowest BCUT2D eigenvalue weighted by atomic mass is 10.0. The number of pyridine rings is 1. The predicted octanol–water partition coefficient (Wildman–Crippen LogP) is 4.46. The van der Waals surface area contributed by atoms with Gasteiger partial charge >= 0.3 is 0 Å². The van der Waals surface area contributed by atoms with E-state index in [9.17, 15) is 4.79 Å². The quantitative estimate of drug-likeness (QED) is 0.723. The molecular formula is C21H24N2O2. The van der Waals surface area contributed by atoms with Crippen molar-refractivity contribution < 1.29 is 4.74 Å². The van der Waals surface area contributed by atoms with Crippen molar-refractivity contribution >= 4 is 16.6 Å². The fourth-order valence-corrected chi connectivity index (χ4v) is 3.26. The van der Waals surface area contributed by atoms with E-state index in [0.29, 0.717) is 18.7 Å². The molecule has 0 saturated carbocycles. The second kappa shape index (κ2) is 7.01. The van der Waals surface area contributed by atoms with Crippen LogP contribution in [-0.2, 0) is 6.54 Å². The summed E-state index contributed by atoms with van der Waals surface area (Å²) in [7, 11) is 0. The first-order valence-electron chi connectivity index (χ1n) is 8.58. The lowest BCUT2D eigenvalue weighted by molar-refractivity contribution is 0.340. The summed E-state index contributed by atoms with van der Waals surface area (Å²) in [6.45, 7) is 9.32. The van der Waals surface area contributed by atoms with E-state index >= 15 is 0 Å². The van der Waals surface area contributed by atoms with Crippen LogP contribution in [-0.4, -0.2) is 11.6 Å². The van der Waals surface area contributed by atoms with Crippen LogP contribution < -0.4 is 15.6 Å². The summed E-state index contributed by atoms with van der Waals surface area (Å²) in [5.41, 5.74) is 6.18. The number of aryl methyl sites for hydroxylation is 3. The van der Waals surface area contributed by atoms with Crippen LogP contribution in [0.3, 0.4) is 0 Å². The zero-order valence-corrected chi connectivity index (χ0v) is 15.2. The number of H-pyrrole nitrogens is 1. The maximum absolute atomic E-state index is 12.4. The van der Waals surface area contributed by atoms with E-state index in [0.717, 1.165) is 22.3 Å². The first-order chi connectivity index (χ1) is 12.0. The van der Waals surface area contributed by atoms with Crippen LogP contribution in [0.15, 0.2) is 41.2 Å². The number of fused-ring (bicyclic) bond motifs is 1. The van der Waals surface area contributed by atoms with Gasteiger partial charge in [0.2, 0.25) is 0 Å². The number of hydrogen-bond donors (Lipinski definition) is 2. The Labute approximate surface area is 147 Å². The highest BCUT2D eigenvalue weighted by Crippen LogP contribution is 2.23. The molecule has 1 heterocycles. The minimum absolute atomic E-state index is 0.0634. The van der Waals surface area contributed by atoms with Gasteiger partial charge in [-0.2, -0.15) is 0 Å². The molecule has 0 saturated heterocycles. The molecule has 3 aromatic rings. The predicted molar refractivity (Wildman–Crippen MR) is 104 cm³/mol. The summed E-state index contributed by atoms with van der Waals surface area (Å²) < 4.78 is 5.55. The fraction of sp³-hybridized carbons (Fsp3) is 0.286. The maximum Gasteiger partial charge on any atom is 0.253 e. The van der Waals surface area contributed by atoms with Gasteiger partial charge in [-0.1, -0.05) is 17.7 Å². The second-order valence-electron chi connectivity index (χ2n) is 6.43. The van der Waals surface area contributed by atoms with E-state index in [1.54, 1.807) is 0 Å². The number of rotatable bonds is 5. The molecule has 0 aliphatic carbocycles. The zero-order valence-electron chi connectivity index (χ0n) is 15.2. The van der Waals surface area contributed by atoms with Crippen molar-refractivity contribution in [2.45, 2.75) is 34.2 Å². The van der Waals surface area contributed by atoms with Gasteiger partial charge in [-0.3, -0.25) is 4.79 Å². The first-order valence-corrected chi connectivity index (χ1v) is 8.58. The molecule has 0 fully saturated rings. The van der Waals surface area contributed by atoms with Crippen molar-refractivity contribution in [3.8, 4) is 5.75 Å². The smallest absolute Gasteiger partial charge is 0.253 e. The van der Waals surface area contributed by atoms with E-state index < -0.39 is 0 Å². The summed E-state index contributed by atoms with van der Waals surface area (Å²) in [4.78, 5) is 15.3. The monoisotopic (exact) mass is 336 g/mol. The number of ether oxygens (including phenoxy) is 1. The van der Waals surface area contributed by atoms with E-state index in [-0.39, 0.29) is 5.56 Å². The molecule has 2 aromatic carbocycles. The summed E-state index contributed by atoms with van der Waals surface area (Å²) in [5.74, 6) is 0.811. The van der Waals surface area contributed by atoms with Crippen LogP contribution >= 0.6 is 0 Å². The average Bonchev–Trinajstić information content (AvgIpc) is 2.54. The Morgan fingerprint density at radius 3 is 2.44 bits per heavy atom. The Morgan fingerprint density at radius 2 is 1.76 bits per heavy atom. The number of aromatic amines is 1. The molecule has 130 valence electrons. The lowest BCUT2D eigenvalue weighted by Gasteiger charge is -2.14. The normalized spacial score (nSPS) is 10.9. The summed E-state index contributed by atoms with van der Waals surface area (Å²) >= 11 is 0. The van der Waals surface area contributed by atoms with Crippen molar-refractivity contribution in [2.24, 2.45) is 0 Å². The molecule has 3 rings (SSSR count). The van der Waals surface area contributed by atoms with Crippen LogP contribution in [0.4, 0.5) is 5.69 Å². The third kappa shape index (κ3) is 3.68. The molecule has 2 N–H and O–H groups in total. The molecule has 1 aromatic heterocycles. The van der Waals surface area contributed by atoms with E-state index in [2.05, 4.69) is 43.2 Å². The van der Waals surface area contributed by atoms with Gasteiger partial charge in [0.25, 0.3) is 5.56 Å². The van der Waals surface area contributed by atoms with Crippen molar-refractivity contribution in [3.05, 3.63) is 69.0 Å². The van der Waals surface area contributed by atoms with Gasteiger partial charge < -0.3 is 15.0 Å². The number of benzene rings is 2. The lowest BCUT2D eigenvalue weighted by Crippen LogP contribution is -2.16. The van der Waals surface area contributed by atoms with Gasteiger partial charge in [0.1, 0.15) is 5.75 Å². The van der Waals surface area contributed by atoms with Gasteiger partial charge in [0.15, 0.2) is 0 Å². The summed E-state index contributed by atoms with van der Waals surface area (Å²) in [6, 6.07) is 11.9. The summed E-state index contributed by atoms with van der Waals surface area (Å²) in [5, 5.41) is 4.39. The molecule has 0 aliphatic heterocycles. The Morgan fingerprint density at radius 1 is 1.04 bits per heavy atom. The van der Waals surface area contributed by atoms with Crippen molar-refractivity contribution in [2.75, 3.05) is 11.9 Å². The third-order valence-corrected chi connectivity index (χ3v) is 4.34. The zero-order chi connectivity index (χ0) is 18.0. The Kier molecular flexibility index (Phi) is 4.79. The molecule has 0 atom stereocenters. The Bertz CT molecular complexity index is 950. The van der Waals surface area contributed by atoms with Crippen LogP contribution in [0, 0.1) is 20.8 Å². The van der Waals surface area contributed by atoms with Crippen LogP contribution in [0.25, 0.3) is 10.9 Å². The number of hydrogen-bond acceptors (Lipinski definition) is 3. The van der Waals surface area contributed by atoms with Gasteiger partial charge in [-0.25, -0.2) is 0 Å². The number of aromatic nitrogens is 1. The first kappa shape index (κ1) is 17.1. The average molecular weight is 336 g/mol. The Hall–Kier alpha value is -2.75. The van der Waals surface area contributed by atoms with Gasteiger partial charge in [-0.05, 0) is 63.1 Å². The molecule has 0 aliphatic rings. The minimum Gasteiger partial charge on any atom is -0.494 e. The largest absolute Gasteiger partial charge is 0.494 e. The molecule has 0 spiro atoms. The topological polar surface area (TPSA) is 54.1 Å². The van der Waals surface area contributed by atoms with Crippen molar-refractivity contribution in [1.29, 1.82) is 0 Å². The standard InChI is InChI=1S/C21H24N2O2/c1-5-25-18-6-7-19-16(11-18)10-17(21(24)23-19)12-22-20-14(3)8-13(2)9-15(20)4/h6-11,22H,5,12H2,1-4H3,(H,23,24). The Balaban J connectivity index is 1.91. The summed E-state index contributed by atoms with van der Waals surface area (Å²) in [6.07, 6.45) is 0.